The molecule has 0 aromatic heterocycles. The zero-order valence-corrected chi connectivity index (χ0v) is 13.6. The second-order valence-electron chi connectivity index (χ2n) is 4.86. The van der Waals surface area contributed by atoms with Crippen molar-refractivity contribution in [2.75, 3.05) is 18.1 Å². The molecule has 0 aliphatic heterocycles. The summed E-state index contributed by atoms with van der Waals surface area (Å²) in [6, 6.07) is 0. The molecule has 0 heterocycles. The number of allylic oxidation sites excluding steroid dienone is 1. The first-order valence-corrected chi connectivity index (χ1v) is 8.98. The first kappa shape index (κ1) is 18.6. The van der Waals surface area contributed by atoms with Crippen LogP contribution in [0.25, 0.3) is 0 Å². The number of nitrogens with one attached hydrogen (secondary N) is 1. The molecule has 2 nitrogen and oxygen atoms in total. The molecule has 1 N–H and O–H groups in total. The van der Waals surface area contributed by atoms with Crippen LogP contribution in [0.1, 0.15) is 65.2 Å². The zero-order valence-electron chi connectivity index (χ0n) is 12.7. The molecule has 0 spiro atoms. The van der Waals surface area contributed by atoms with Crippen molar-refractivity contribution in [1.29, 1.82) is 0 Å². The van der Waals surface area contributed by atoms with Crippen LogP contribution < -0.4 is 5.32 Å². The standard InChI is InChI=1S/C16H31NOS/c1-3-5-7-8-9-10-11-12-16(18)17-13-15-19-14-6-4-2/h11-12H,3-10,13-15H2,1-2H3,(H,17,18)/b12-11+. The molecule has 0 radical (unpaired) electrons. The van der Waals surface area contributed by atoms with Crippen molar-refractivity contribution < 1.29 is 4.79 Å². The van der Waals surface area contributed by atoms with E-state index in [1.165, 1.54) is 50.7 Å². The summed E-state index contributed by atoms with van der Waals surface area (Å²) in [5.41, 5.74) is 0. The Morgan fingerprint density at radius 3 is 2.47 bits per heavy atom. The molecule has 0 unspecified atom stereocenters. The minimum Gasteiger partial charge on any atom is -0.352 e. The third-order valence-corrected chi connectivity index (χ3v) is 4.00. The lowest BCUT2D eigenvalue weighted by Crippen LogP contribution is -2.23. The van der Waals surface area contributed by atoms with Crippen LogP contribution in [0.3, 0.4) is 0 Å². The van der Waals surface area contributed by atoms with Gasteiger partial charge in [-0.25, -0.2) is 0 Å². The van der Waals surface area contributed by atoms with E-state index in [1.54, 1.807) is 6.08 Å². The summed E-state index contributed by atoms with van der Waals surface area (Å²) in [7, 11) is 0. The number of amides is 1. The van der Waals surface area contributed by atoms with Gasteiger partial charge in [0, 0.05) is 12.3 Å². The van der Waals surface area contributed by atoms with Gasteiger partial charge in [0.2, 0.25) is 5.91 Å². The fourth-order valence-corrected chi connectivity index (χ4v) is 2.65. The van der Waals surface area contributed by atoms with Crippen molar-refractivity contribution in [3.8, 4) is 0 Å². The molecule has 1 amide bonds. The predicted molar refractivity (Wildman–Crippen MR) is 87.8 cm³/mol. The fraction of sp³-hybridized carbons (Fsp3) is 0.812. The average molecular weight is 285 g/mol. The maximum Gasteiger partial charge on any atom is 0.243 e. The lowest BCUT2D eigenvalue weighted by molar-refractivity contribution is -0.116. The molecule has 0 aliphatic carbocycles. The van der Waals surface area contributed by atoms with Crippen molar-refractivity contribution >= 4 is 17.7 Å². The zero-order chi connectivity index (χ0) is 14.2. The minimum atomic E-state index is 0.0599. The Kier molecular flexibility index (Phi) is 15.3. The van der Waals surface area contributed by atoms with Crippen LogP contribution in [0.2, 0.25) is 0 Å². The van der Waals surface area contributed by atoms with Crippen LogP contribution in [-0.2, 0) is 4.79 Å². The van der Waals surface area contributed by atoms with Gasteiger partial charge in [0.25, 0.3) is 0 Å². The average Bonchev–Trinajstić information content (AvgIpc) is 2.41. The summed E-state index contributed by atoms with van der Waals surface area (Å²) < 4.78 is 0. The third-order valence-electron chi connectivity index (χ3n) is 2.93. The molecule has 0 saturated heterocycles. The summed E-state index contributed by atoms with van der Waals surface area (Å²) in [5.74, 6) is 2.29. The lowest BCUT2D eigenvalue weighted by Gasteiger charge is -2.02. The van der Waals surface area contributed by atoms with E-state index in [2.05, 4.69) is 19.2 Å². The highest BCUT2D eigenvalue weighted by Crippen LogP contribution is 2.05. The normalized spacial score (nSPS) is 11.1. The largest absolute Gasteiger partial charge is 0.352 e. The van der Waals surface area contributed by atoms with Gasteiger partial charge >= 0.3 is 0 Å². The van der Waals surface area contributed by atoms with E-state index < -0.39 is 0 Å². The Labute approximate surface area is 123 Å². The van der Waals surface area contributed by atoms with Gasteiger partial charge in [0.1, 0.15) is 0 Å². The van der Waals surface area contributed by atoms with Gasteiger partial charge in [-0.2, -0.15) is 11.8 Å². The van der Waals surface area contributed by atoms with E-state index in [1.807, 2.05) is 17.8 Å². The number of carbonyl (C=O) groups excluding carboxylic acids is 1. The van der Waals surface area contributed by atoms with Crippen LogP contribution in [0.15, 0.2) is 12.2 Å². The molecule has 3 heteroatoms. The van der Waals surface area contributed by atoms with E-state index in [9.17, 15) is 4.79 Å². The molecule has 0 saturated carbocycles. The summed E-state index contributed by atoms with van der Waals surface area (Å²) >= 11 is 1.92. The molecule has 0 fully saturated rings. The van der Waals surface area contributed by atoms with Crippen LogP contribution in [0, 0.1) is 0 Å². The predicted octanol–water partition coefficient (Wildman–Crippen LogP) is 4.55. The highest BCUT2D eigenvalue weighted by atomic mass is 32.2. The first-order chi connectivity index (χ1) is 9.31. The van der Waals surface area contributed by atoms with E-state index >= 15 is 0 Å². The van der Waals surface area contributed by atoms with Crippen molar-refractivity contribution in [2.24, 2.45) is 0 Å². The molecule has 0 aromatic rings. The number of thioether (sulfide) groups is 1. The molecule has 112 valence electrons. The highest BCUT2D eigenvalue weighted by molar-refractivity contribution is 7.99. The summed E-state index contributed by atoms with van der Waals surface area (Å²) in [5, 5.41) is 2.92. The molecular formula is C16H31NOS. The molecule has 19 heavy (non-hydrogen) atoms. The van der Waals surface area contributed by atoms with Crippen molar-refractivity contribution in [3.63, 3.8) is 0 Å². The van der Waals surface area contributed by atoms with Gasteiger partial charge in [-0.3, -0.25) is 4.79 Å². The number of carbonyl (C=O) groups is 1. The molecule has 0 aromatic carbocycles. The van der Waals surface area contributed by atoms with Gasteiger partial charge in [-0.05, 0) is 31.1 Å². The van der Waals surface area contributed by atoms with Gasteiger partial charge < -0.3 is 5.32 Å². The van der Waals surface area contributed by atoms with Gasteiger partial charge in [0.15, 0.2) is 0 Å². The number of hydrogen-bond acceptors (Lipinski definition) is 2. The Morgan fingerprint density at radius 1 is 1.00 bits per heavy atom. The second kappa shape index (κ2) is 15.6. The fourth-order valence-electron chi connectivity index (χ4n) is 1.71. The van der Waals surface area contributed by atoms with Crippen LogP contribution in [0.4, 0.5) is 0 Å². The Bertz CT molecular complexity index is 229. The van der Waals surface area contributed by atoms with Gasteiger partial charge in [0.05, 0.1) is 0 Å². The van der Waals surface area contributed by atoms with Crippen molar-refractivity contribution in [3.05, 3.63) is 12.2 Å². The monoisotopic (exact) mass is 285 g/mol. The number of unbranched alkanes of at least 4 members (excludes halogenated alkanes) is 6. The Balaban J connectivity index is 3.28. The summed E-state index contributed by atoms with van der Waals surface area (Å²) in [4.78, 5) is 11.5. The second-order valence-corrected chi connectivity index (χ2v) is 6.09. The van der Waals surface area contributed by atoms with E-state index in [0.717, 1.165) is 18.7 Å². The van der Waals surface area contributed by atoms with Crippen LogP contribution in [0.5, 0.6) is 0 Å². The first-order valence-electron chi connectivity index (χ1n) is 7.83. The minimum absolute atomic E-state index is 0.0599. The number of hydrogen-bond donors (Lipinski definition) is 1. The lowest BCUT2D eigenvalue weighted by atomic mass is 10.1. The van der Waals surface area contributed by atoms with E-state index in [-0.39, 0.29) is 5.91 Å². The van der Waals surface area contributed by atoms with Gasteiger partial charge in [-0.15, -0.1) is 0 Å². The Morgan fingerprint density at radius 2 is 1.74 bits per heavy atom. The molecular weight excluding hydrogens is 254 g/mol. The van der Waals surface area contributed by atoms with Crippen LogP contribution >= 0.6 is 11.8 Å². The van der Waals surface area contributed by atoms with Gasteiger partial charge in [-0.1, -0.05) is 52.0 Å². The maximum absolute atomic E-state index is 11.5. The molecule has 0 atom stereocenters. The maximum atomic E-state index is 11.5. The van der Waals surface area contributed by atoms with E-state index in [0.29, 0.717) is 0 Å². The molecule has 0 rings (SSSR count). The topological polar surface area (TPSA) is 29.1 Å². The highest BCUT2D eigenvalue weighted by Gasteiger charge is 1.94. The summed E-state index contributed by atoms with van der Waals surface area (Å²) in [6.45, 7) is 5.22. The van der Waals surface area contributed by atoms with Crippen molar-refractivity contribution in [2.45, 2.75) is 65.2 Å². The SMILES string of the molecule is CCCCCCC/C=C/C(=O)NCCSCCCC. The van der Waals surface area contributed by atoms with Crippen molar-refractivity contribution in [1.82, 2.24) is 5.32 Å². The van der Waals surface area contributed by atoms with Crippen LogP contribution in [-0.4, -0.2) is 24.0 Å². The third kappa shape index (κ3) is 15.5. The quantitative estimate of drug-likeness (QED) is 0.397. The number of rotatable bonds is 13. The molecule has 0 bridgehead atoms. The molecule has 0 aliphatic rings. The smallest absolute Gasteiger partial charge is 0.243 e. The van der Waals surface area contributed by atoms with E-state index in [4.69, 9.17) is 0 Å². The Hall–Kier alpha value is -0.440. The summed E-state index contributed by atoms with van der Waals surface area (Å²) in [6.07, 6.45) is 13.7.